The topological polar surface area (TPSA) is 61.4 Å². The summed E-state index contributed by atoms with van der Waals surface area (Å²) in [5, 5.41) is 15.8. The fourth-order valence-corrected chi connectivity index (χ4v) is 3.38. The Balaban J connectivity index is 1.90. The number of halogens is 2. The van der Waals surface area contributed by atoms with Crippen LogP contribution in [0.2, 0.25) is 0 Å². The molecular weight excluding hydrogens is 370 g/mol. The number of hydrogen-bond acceptors (Lipinski definition) is 3. The van der Waals surface area contributed by atoms with E-state index < -0.39 is 23.8 Å². The molecule has 0 bridgehead atoms. The minimum atomic E-state index is -1.14. The summed E-state index contributed by atoms with van der Waals surface area (Å²) in [4.78, 5) is 13.2. The van der Waals surface area contributed by atoms with Crippen molar-refractivity contribution in [3.05, 3.63) is 59.2 Å². The minimum Gasteiger partial charge on any atom is -0.387 e. The summed E-state index contributed by atoms with van der Waals surface area (Å²) >= 11 is 1.78. The van der Waals surface area contributed by atoms with E-state index in [2.05, 4.69) is 24.5 Å². The molecular formula is C20H24F2N2O2S. The lowest BCUT2D eigenvalue weighted by molar-refractivity contribution is 0.174. The average molecular weight is 394 g/mol. The Kier molecular flexibility index (Phi) is 7.62. The molecule has 3 N–H and O–H groups in total. The largest absolute Gasteiger partial charge is 0.387 e. The van der Waals surface area contributed by atoms with Crippen LogP contribution in [-0.4, -0.2) is 22.9 Å². The highest BCUT2D eigenvalue weighted by Crippen LogP contribution is 2.28. The summed E-state index contributed by atoms with van der Waals surface area (Å²) in [5.74, 6) is -2.02. The molecule has 4 nitrogen and oxygen atoms in total. The maximum atomic E-state index is 13.2. The summed E-state index contributed by atoms with van der Waals surface area (Å²) in [7, 11) is 0. The second-order valence-corrected chi connectivity index (χ2v) is 7.85. The Morgan fingerprint density at radius 1 is 1.19 bits per heavy atom. The van der Waals surface area contributed by atoms with Crippen molar-refractivity contribution in [1.82, 2.24) is 5.32 Å². The van der Waals surface area contributed by atoms with Gasteiger partial charge in [0.25, 0.3) is 0 Å². The second kappa shape index (κ2) is 9.71. The van der Waals surface area contributed by atoms with E-state index in [1.165, 1.54) is 6.07 Å². The van der Waals surface area contributed by atoms with E-state index in [1.54, 1.807) is 11.8 Å². The number of carbonyl (C=O) groups is 1. The fourth-order valence-electron chi connectivity index (χ4n) is 2.36. The normalized spacial score (nSPS) is 13.1. The van der Waals surface area contributed by atoms with Crippen molar-refractivity contribution < 1.29 is 18.7 Å². The van der Waals surface area contributed by atoms with Gasteiger partial charge < -0.3 is 15.7 Å². The van der Waals surface area contributed by atoms with Crippen LogP contribution in [0, 0.1) is 18.6 Å². The SMILES string of the molecule is CCC(C)Sc1ccc(NC(=O)NCC(O)c2ccc(F)c(F)c2)c(C)c1. The van der Waals surface area contributed by atoms with Crippen LogP contribution in [0.4, 0.5) is 19.3 Å². The zero-order valence-corrected chi connectivity index (χ0v) is 16.4. The number of rotatable bonds is 7. The van der Waals surface area contributed by atoms with Gasteiger partial charge in [0, 0.05) is 22.4 Å². The van der Waals surface area contributed by atoms with Gasteiger partial charge in [-0.15, -0.1) is 11.8 Å². The Morgan fingerprint density at radius 3 is 2.56 bits per heavy atom. The summed E-state index contributed by atoms with van der Waals surface area (Å²) < 4.78 is 26.2. The van der Waals surface area contributed by atoms with Crippen molar-refractivity contribution in [3.63, 3.8) is 0 Å². The molecule has 0 saturated carbocycles. The highest BCUT2D eigenvalue weighted by Gasteiger charge is 2.13. The van der Waals surface area contributed by atoms with Gasteiger partial charge in [-0.1, -0.05) is 19.9 Å². The van der Waals surface area contributed by atoms with Gasteiger partial charge >= 0.3 is 6.03 Å². The molecule has 0 heterocycles. The van der Waals surface area contributed by atoms with E-state index in [4.69, 9.17) is 0 Å². The number of carbonyl (C=O) groups excluding carboxylic acids is 1. The van der Waals surface area contributed by atoms with Crippen molar-refractivity contribution in [1.29, 1.82) is 0 Å². The number of hydrogen-bond donors (Lipinski definition) is 3. The zero-order chi connectivity index (χ0) is 20.0. The summed E-state index contributed by atoms with van der Waals surface area (Å²) in [6, 6.07) is 8.46. The third-order valence-electron chi connectivity index (χ3n) is 4.14. The molecule has 0 radical (unpaired) electrons. The first kappa shape index (κ1) is 21.2. The number of amides is 2. The average Bonchev–Trinajstić information content (AvgIpc) is 2.64. The molecule has 0 aliphatic heterocycles. The van der Waals surface area contributed by atoms with Crippen LogP contribution in [-0.2, 0) is 0 Å². The Hall–Kier alpha value is -2.12. The van der Waals surface area contributed by atoms with Gasteiger partial charge in [-0.25, -0.2) is 13.6 Å². The molecule has 2 unspecified atom stereocenters. The lowest BCUT2D eigenvalue weighted by Gasteiger charge is -2.15. The van der Waals surface area contributed by atoms with E-state index >= 15 is 0 Å². The second-order valence-electron chi connectivity index (χ2n) is 6.34. The number of thioether (sulfide) groups is 1. The number of benzene rings is 2. The first-order valence-corrected chi connectivity index (χ1v) is 9.63. The first-order chi connectivity index (χ1) is 12.8. The van der Waals surface area contributed by atoms with Gasteiger partial charge in [-0.05, 0) is 54.8 Å². The number of aryl methyl sites for hydroxylation is 1. The van der Waals surface area contributed by atoms with E-state index in [1.807, 2.05) is 25.1 Å². The standard InChI is InChI=1S/C20H24F2N2O2S/c1-4-13(3)27-15-6-8-18(12(2)9-15)24-20(26)23-11-19(25)14-5-7-16(21)17(22)10-14/h5-10,13,19,25H,4,11H2,1-3H3,(H2,23,24,26). The van der Waals surface area contributed by atoms with Crippen LogP contribution in [0.25, 0.3) is 0 Å². The third-order valence-corrected chi connectivity index (χ3v) is 5.40. The van der Waals surface area contributed by atoms with Crippen LogP contribution in [0.1, 0.15) is 37.5 Å². The molecule has 7 heteroatoms. The molecule has 0 fully saturated rings. The third kappa shape index (κ3) is 6.22. The van der Waals surface area contributed by atoms with Gasteiger partial charge in [-0.2, -0.15) is 0 Å². The van der Waals surface area contributed by atoms with Gasteiger partial charge in [0.15, 0.2) is 11.6 Å². The molecule has 0 aromatic heterocycles. The molecule has 0 aliphatic carbocycles. The number of urea groups is 1. The minimum absolute atomic E-state index is 0.127. The van der Waals surface area contributed by atoms with E-state index in [0.29, 0.717) is 10.9 Å². The van der Waals surface area contributed by atoms with Gasteiger partial charge in [0.05, 0.1) is 6.10 Å². The van der Waals surface area contributed by atoms with Crippen LogP contribution in [0.15, 0.2) is 41.3 Å². The van der Waals surface area contributed by atoms with Crippen molar-refractivity contribution in [2.75, 3.05) is 11.9 Å². The van der Waals surface area contributed by atoms with E-state index in [-0.39, 0.29) is 12.1 Å². The molecule has 2 aromatic carbocycles. The smallest absolute Gasteiger partial charge is 0.319 e. The van der Waals surface area contributed by atoms with Crippen LogP contribution >= 0.6 is 11.8 Å². The van der Waals surface area contributed by atoms with Gasteiger partial charge in [-0.3, -0.25) is 0 Å². The first-order valence-electron chi connectivity index (χ1n) is 8.75. The monoisotopic (exact) mass is 394 g/mol. The predicted molar refractivity (Wildman–Crippen MR) is 105 cm³/mol. The quantitative estimate of drug-likeness (QED) is 0.578. The molecule has 2 amide bonds. The Morgan fingerprint density at radius 2 is 1.93 bits per heavy atom. The molecule has 146 valence electrons. The van der Waals surface area contributed by atoms with Crippen molar-refractivity contribution in [2.24, 2.45) is 0 Å². The maximum absolute atomic E-state index is 13.2. The molecule has 27 heavy (non-hydrogen) atoms. The Labute approximate surface area is 162 Å². The summed E-state index contributed by atoms with van der Waals surface area (Å²) in [5.41, 5.74) is 1.79. The van der Waals surface area contributed by atoms with Crippen LogP contribution in [0.3, 0.4) is 0 Å². The van der Waals surface area contributed by atoms with Crippen molar-refractivity contribution >= 4 is 23.5 Å². The molecule has 2 rings (SSSR count). The molecule has 2 aromatic rings. The molecule has 0 spiro atoms. The van der Waals surface area contributed by atoms with Gasteiger partial charge in [0.1, 0.15) is 0 Å². The highest BCUT2D eigenvalue weighted by molar-refractivity contribution is 7.99. The number of aliphatic hydroxyl groups excluding tert-OH is 1. The number of aliphatic hydroxyl groups is 1. The summed E-state index contributed by atoms with van der Waals surface area (Å²) in [6.07, 6.45) is -0.0619. The van der Waals surface area contributed by atoms with Crippen LogP contribution in [0.5, 0.6) is 0 Å². The lowest BCUT2D eigenvalue weighted by Crippen LogP contribution is -2.32. The molecule has 0 saturated heterocycles. The fraction of sp³-hybridized carbons (Fsp3) is 0.350. The van der Waals surface area contributed by atoms with Crippen LogP contribution < -0.4 is 10.6 Å². The zero-order valence-electron chi connectivity index (χ0n) is 15.6. The van der Waals surface area contributed by atoms with Crippen molar-refractivity contribution in [2.45, 2.75) is 43.4 Å². The predicted octanol–water partition coefficient (Wildman–Crippen LogP) is 5.02. The summed E-state index contributed by atoms with van der Waals surface area (Å²) in [6.45, 7) is 6.09. The van der Waals surface area contributed by atoms with Crippen molar-refractivity contribution in [3.8, 4) is 0 Å². The number of anilines is 1. The van der Waals surface area contributed by atoms with Gasteiger partial charge in [0.2, 0.25) is 0 Å². The molecule has 2 atom stereocenters. The highest BCUT2D eigenvalue weighted by atomic mass is 32.2. The Bertz CT molecular complexity index is 802. The van der Waals surface area contributed by atoms with E-state index in [0.717, 1.165) is 29.0 Å². The number of nitrogens with one attached hydrogen (secondary N) is 2. The van der Waals surface area contributed by atoms with E-state index in [9.17, 15) is 18.7 Å². The molecule has 0 aliphatic rings. The lowest BCUT2D eigenvalue weighted by atomic mass is 10.1. The maximum Gasteiger partial charge on any atom is 0.319 e.